The van der Waals surface area contributed by atoms with Crippen LogP contribution in [-0.2, 0) is 6.54 Å². The number of aromatic nitrogens is 3. The lowest BCUT2D eigenvalue weighted by molar-refractivity contribution is 0.0936. The maximum Gasteiger partial charge on any atom is 0.263 e. The average molecular weight is 354 g/mol. The summed E-state index contributed by atoms with van der Waals surface area (Å²) >= 11 is 1.48. The largest absolute Gasteiger partial charge is 0.343 e. The van der Waals surface area contributed by atoms with Gasteiger partial charge in [-0.1, -0.05) is 44.2 Å². The van der Waals surface area contributed by atoms with Crippen molar-refractivity contribution < 1.29 is 4.79 Å². The van der Waals surface area contributed by atoms with Gasteiger partial charge in [0.1, 0.15) is 4.88 Å². The number of nitrogens with zero attached hydrogens (tertiary/aromatic N) is 3. The summed E-state index contributed by atoms with van der Waals surface area (Å²) in [6.07, 6.45) is 5.40. The van der Waals surface area contributed by atoms with Gasteiger partial charge >= 0.3 is 0 Å². The molecule has 5 nitrogen and oxygen atoms in total. The monoisotopic (exact) mass is 354 g/mol. The number of aryl methyl sites for hydroxylation is 1. The quantitative estimate of drug-likeness (QED) is 0.729. The maximum atomic E-state index is 12.8. The molecule has 0 unspecified atom stereocenters. The molecule has 0 fully saturated rings. The Morgan fingerprint density at radius 1 is 1.28 bits per heavy atom. The van der Waals surface area contributed by atoms with E-state index >= 15 is 0 Å². The molecule has 0 bridgehead atoms. The fraction of sp³-hybridized carbons (Fsp3) is 0.316. The third-order valence-corrected chi connectivity index (χ3v) is 5.43. The highest BCUT2D eigenvalue weighted by Gasteiger charge is 2.21. The molecule has 0 aliphatic heterocycles. The zero-order valence-corrected chi connectivity index (χ0v) is 15.5. The molecule has 2 aromatic heterocycles. The number of benzene rings is 1. The number of imidazole rings is 1. The molecule has 25 heavy (non-hydrogen) atoms. The molecule has 0 radical (unpaired) electrons. The van der Waals surface area contributed by atoms with Gasteiger partial charge in [-0.25, -0.2) is 9.97 Å². The van der Waals surface area contributed by atoms with Crippen molar-refractivity contribution in [2.75, 3.05) is 0 Å². The molecule has 1 aromatic carbocycles. The summed E-state index contributed by atoms with van der Waals surface area (Å²) in [5.74, 6) is 0.247. The molecular weight excluding hydrogens is 332 g/mol. The standard InChI is InChI=1S/C19H22N4OS/c1-13(2)19-21-14(3)17(25-19)18(24)22-16(11-23-10-9-20-12-23)15-7-5-4-6-8-15/h4-10,12-13,16H,11H2,1-3H3,(H,22,24)/t16-/m1/s1. The van der Waals surface area contributed by atoms with E-state index in [4.69, 9.17) is 0 Å². The van der Waals surface area contributed by atoms with Crippen molar-refractivity contribution >= 4 is 17.2 Å². The maximum absolute atomic E-state index is 12.8. The topological polar surface area (TPSA) is 59.8 Å². The third-order valence-electron chi connectivity index (χ3n) is 3.97. The summed E-state index contributed by atoms with van der Waals surface area (Å²) in [6.45, 7) is 6.70. The SMILES string of the molecule is Cc1nc(C(C)C)sc1C(=O)N[C@H](Cn1ccnc1)c1ccccc1. The van der Waals surface area contributed by atoms with E-state index in [2.05, 4.69) is 29.1 Å². The number of nitrogens with one attached hydrogen (secondary N) is 1. The van der Waals surface area contributed by atoms with Crippen LogP contribution >= 0.6 is 11.3 Å². The molecule has 0 aliphatic rings. The summed E-state index contributed by atoms with van der Waals surface area (Å²) in [5.41, 5.74) is 1.86. The normalized spacial score (nSPS) is 12.3. The molecule has 3 aromatic rings. The molecule has 0 spiro atoms. The third kappa shape index (κ3) is 4.14. The first-order valence-electron chi connectivity index (χ1n) is 8.33. The van der Waals surface area contributed by atoms with Crippen LogP contribution in [0.5, 0.6) is 0 Å². The van der Waals surface area contributed by atoms with Crippen LogP contribution in [0.15, 0.2) is 49.1 Å². The molecule has 1 amide bonds. The van der Waals surface area contributed by atoms with Crippen LogP contribution in [0, 0.1) is 6.92 Å². The smallest absolute Gasteiger partial charge is 0.263 e. The Morgan fingerprint density at radius 2 is 2.04 bits per heavy atom. The molecule has 2 heterocycles. The summed E-state index contributed by atoms with van der Waals surface area (Å²) in [6, 6.07) is 9.87. The van der Waals surface area contributed by atoms with E-state index in [9.17, 15) is 4.79 Å². The lowest BCUT2D eigenvalue weighted by Gasteiger charge is -2.19. The number of hydrogen-bond donors (Lipinski definition) is 1. The van der Waals surface area contributed by atoms with Gasteiger partial charge in [0.15, 0.2) is 0 Å². The number of amides is 1. The van der Waals surface area contributed by atoms with E-state index in [1.54, 1.807) is 12.5 Å². The van der Waals surface area contributed by atoms with Gasteiger partial charge in [0.25, 0.3) is 5.91 Å². The van der Waals surface area contributed by atoms with Crippen LogP contribution in [0.3, 0.4) is 0 Å². The Morgan fingerprint density at radius 3 is 2.64 bits per heavy atom. The van der Waals surface area contributed by atoms with E-state index in [0.717, 1.165) is 16.3 Å². The minimum Gasteiger partial charge on any atom is -0.343 e. The molecule has 0 saturated heterocycles. The highest BCUT2D eigenvalue weighted by Crippen LogP contribution is 2.25. The van der Waals surface area contributed by atoms with Gasteiger partial charge in [0.2, 0.25) is 0 Å². The van der Waals surface area contributed by atoms with Crippen molar-refractivity contribution in [2.24, 2.45) is 0 Å². The van der Waals surface area contributed by atoms with Crippen LogP contribution in [0.2, 0.25) is 0 Å². The summed E-state index contributed by atoms with van der Waals surface area (Å²) in [5, 5.41) is 4.16. The fourth-order valence-corrected chi connectivity index (χ4v) is 3.60. The molecule has 6 heteroatoms. The van der Waals surface area contributed by atoms with Crippen LogP contribution in [0.1, 0.15) is 51.7 Å². The van der Waals surface area contributed by atoms with Crippen LogP contribution in [0.25, 0.3) is 0 Å². The van der Waals surface area contributed by atoms with E-state index in [1.807, 2.05) is 48.0 Å². The van der Waals surface area contributed by atoms with Crippen molar-refractivity contribution in [1.29, 1.82) is 0 Å². The van der Waals surface area contributed by atoms with Crippen molar-refractivity contribution in [3.05, 3.63) is 70.2 Å². The minimum atomic E-state index is -0.133. The molecular formula is C19H22N4OS. The second-order valence-electron chi connectivity index (χ2n) is 6.32. The van der Waals surface area contributed by atoms with Gasteiger partial charge in [-0.15, -0.1) is 11.3 Å². The lowest BCUT2D eigenvalue weighted by Crippen LogP contribution is -2.31. The van der Waals surface area contributed by atoms with Crippen molar-refractivity contribution in [3.63, 3.8) is 0 Å². The zero-order valence-electron chi connectivity index (χ0n) is 14.6. The number of rotatable bonds is 6. The zero-order chi connectivity index (χ0) is 17.8. The summed E-state index contributed by atoms with van der Waals surface area (Å²) in [7, 11) is 0. The van der Waals surface area contributed by atoms with Gasteiger partial charge in [-0.05, 0) is 12.5 Å². The predicted octanol–water partition coefficient (Wildman–Crippen LogP) is 3.94. The van der Waals surface area contributed by atoms with Gasteiger partial charge in [0.05, 0.1) is 23.1 Å². The first kappa shape index (κ1) is 17.4. The predicted molar refractivity (Wildman–Crippen MR) is 99.8 cm³/mol. The highest BCUT2D eigenvalue weighted by atomic mass is 32.1. The molecule has 0 aliphatic carbocycles. The van der Waals surface area contributed by atoms with Gasteiger partial charge in [-0.3, -0.25) is 4.79 Å². The molecule has 1 atom stereocenters. The summed E-state index contributed by atoms with van der Waals surface area (Å²) < 4.78 is 1.97. The van der Waals surface area contributed by atoms with Crippen LogP contribution in [-0.4, -0.2) is 20.4 Å². The second kappa shape index (κ2) is 7.61. The van der Waals surface area contributed by atoms with E-state index in [0.29, 0.717) is 17.3 Å². The van der Waals surface area contributed by atoms with E-state index < -0.39 is 0 Å². The summed E-state index contributed by atoms with van der Waals surface area (Å²) in [4.78, 5) is 22.2. The molecule has 1 N–H and O–H groups in total. The molecule has 130 valence electrons. The van der Waals surface area contributed by atoms with Crippen LogP contribution < -0.4 is 5.32 Å². The van der Waals surface area contributed by atoms with E-state index in [1.165, 1.54) is 11.3 Å². The lowest BCUT2D eigenvalue weighted by atomic mass is 10.1. The number of hydrogen-bond acceptors (Lipinski definition) is 4. The van der Waals surface area contributed by atoms with Gasteiger partial charge < -0.3 is 9.88 Å². The number of carbonyl (C=O) groups excluding carboxylic acids is 1. The molecule has 0 saturated carbocycles. The minimum absolute atomic E-state index is 0.0733. The fourth-order valence-electron chi connectivity index (χ4n) is 2.62. The second-order valence-corrected chi connectivity index (χ2v) is 7.35. The van der Waals surface area contributed by atoms with Gasteiger partial charge in [-0.2, -0.15) is 0 Å². The van der Waals surface area contributed by atoms with Gasteiger partial charge in [0, 0.05) is 24.9 Å². The van der Waals surface area contributed by atoms with E-state index in [-0.39, 0.29) is 11.9 Å². The first-order chi connectivity index (χ1) is 12.0. The Hall–Kier alpha value is -2.47. The first-order valence-corrected chi connectivity index (χ1v) is 9.15. The Bertz CT molecular complexity index is 824. The van der Waals surface area contributed by atoms with Crippen molar-refractivity contribution in [1.82, 2.24) is 19.9 Å². The number of thiazole rings is 1. The Balaban J connectivity index is 1.83. The average Bonchev–Trinajstić information content (AvgIpc) is 3.24. The Labute approximate surface area is 151 Å². The van der Waals surface area contributed by atoms with Crippen molar-refractivity contribution in [3.8, 4) is 0 Å². The van der Waals surface area contributed by atoms with Crippen molar-refractivity contribution in [2.45, 2.75) is 39.3 Å². The highest BCUT2D eigenvalue weighted by molar-refractivity contribution is 7.13. The van der Waals surface area contributed by atoms with Crippen LogP contribution in [0.4, 0.5) is 0 Å². The Kier molecular flexibility index (Phi) is 5.28. The molecule has 3 rings (SSSR count). The number of carbonyl (C=O) groups is 1.